The van der Waals surface area contributed by atoms with E-state index in [1.165, 1.54) is 0 Å². The summed E-state index contributed by atoms with van der Waals surface area (Å²) < 4.78 is 0. The molecule has 1 aromatic rings. The molecule has 0 saturated heterocycles. The van der Waals surface area contributed by atoms with Gasteiger partial charge in [0.15, 0.2) is 0 Å². The molecule has 0 atom stereocenters. The second kappa shape index (κ2) is 4.34. The van der Waals surface area contributed by atoms with Gasteiger partial charge in [0.1, 0.15) is 0 Å². The maximum Gasteiger partial charge on any atom is 0.314 e. The SMILES string of the molecule is O=C(O)C1(c2ccccc2C2(O)CC2)CCCCC1. The lowest BCUT2D eigenvalue weighted by atomic mass is 9.67. The van der Waals surface area contributed by atoms with Crippen molar-refractivity contribution in [2.75, 3.05) is 0 Å². The number of aliphatic hydroxyl groups is 1. The molecule has 2 fully saturated rings. The molecule has 19 heavy (non-hydrogen) atoms. The molecule has 0 aliphatic heterocycles. The van der Waals surface area contributed by atoms with Gasteiger partial charge in [0.25, 0.3) is 0 Å². The Hall–Kier alpha value is -1.35. The van der Waals surface area contributed by atoms with Crippen molar-refractivity contribution in [3.05, 3.63) is 35.4 Å². The second-order valence-corrected chi connectivity index (χ2v) is 6.03. The van der Waals surface area contributed by atoms with E-state index in [-0.39, 0.29) is 0 Å². The van der Waals surface area contributed by atoms with Crippen molar-refractivity contribution in [1.82, 2.24) is 0 Å². The molecule has 3 heteroatoms. The summed E-state index contributed by atoms with van der Waals surface area (Å²) in [5.41, 5.74) is 0.144. The van der Waals surface area contributed by atoms with Gasteiger partial charge in [-0.3, -0.25) is 4.79 Å². The van der Waals surface area contributed by atoms with E-state index in [9.17, 15) is 15.0 Å². The van der Waals surface area contributed by atoms with Crippen LogP contribution in [0.3, 0.4) is 0 Å². The summed E-state index contributed by atoms with van der Waals surface area (Å²) in [7, 11) is 0. The molecule has 2 saturated carbocycles. The highest BCUT2D eigenvalue weighted by molar-refractivity contribution is 5.82. The molecule has 2 N–H and O–H groups in total. The van der Waals surface area contributed by atoms with Crippen molar-refractivity contribution in [3.63, 3.8) is 0 Å². The Morgan fingerprint density at radius 2 is 1.53 bits per heavy atom. The summed E-state index contributed by atoms with van der Waals surface area (Å²) in [6.45, 7) is 0. The molecular formula is C16H20O3. The van der Waals surface area contributed by atoms with E-state index in [0.717, 1.165) is 43.2 Å². The van der Waals surface area contributed by atoms with Crippen molar-refractivity contribution >= 4 is 5.97 Å². The molecule has 102 valence electrons. The fourth-order valence-electron chi connectivity index (χ4n) is 3.45. The van der Waals surface area contributed by atoms with Gasteiger partial charge in [-0.05, 0) is 36.8 Å². The van der Waals surface area contributed by atoms with Crippen LogP contribution >= 0.6 is 0 Å². The molecule has 0 spiro atoms. The Morgan fingerprint density at radius 1 is 0.947 bits per heavy atom. The predicted molar refractivity (Wildman–Crippen MR) is 72.0 cm³/mol. The first-order valence-corrected chi connectivity index (χ1v) is 7.14. The van der Waals surface area contributed by atoms with Gasteiger partial charge >= 0.3 is 5.97 Å². The number of hydrogen-bond acceptors (Lipinski definition) is 2. The minimum atomic E-state index is -0.785. The Bertz CT molecular complexity index is 496. The van der Waals surface area contributed by atoms with Crippen LogP contribution in [0.25, 0.3) is 0 Å². The van der Waals surface area contributed by atoms with Gasteiger partial charge in [-0.2, -0.15) is 0 Å². The van der Waals surface area contributed by atoms with Crippen LogP contribution in [0.4, 0.5) is 0 Å². The van der Waals surface area contributed by atoms with Crippen LogP contribution < -0.4 is 0 Å². The summed E-state index contributed by atoms with van der Waals surface area (Å²) in [6, 6.07) is 7.60. The zero-order valence-corrected chi connectivity index (χ0v) is 11.1. The molecule has 0 amide bonds. The normalized spacial score (nSPS) is 23.8. The molecule has 3 nitrogen and oxygen atoms in total. The molecule has 0 aromatic heterocycles. The van der Waals surface area contributed by atoms with Crippen molar-refractivity contribution < 1.29 is 15.0 Å². The van der Waals surface area contributed by atoms with Crippen LogP contribution in [-0.4, -0.2) is 16.2 Å². The van der Waals surface area contributed by atoms with Crippen LogP contribution in [0, 0.1) is 0 Å². The summed E-state index contributed by atoms with van der Waals surface area (Å²) in [5.74, 6) is -0.732. The number of aliphatic carboxylic acids is 1. The van der Waals surface area contributed by atoms with E-state index in [2.05, 4.69) is 0 Å². The molecule has 2 aliphatic carbocycles. The van der Waals surface area contributed by atoms with Gasteiger partial charge in [-0.1, -0.05) is 43.5 Å². The summed E-state index contributed by atoms with van der Waals surface area (Å²) in [5, 5.41) is 20.2. The van der Waals surface area contributed by atoms with E-state index >= 15 is 0 Å². The predicted octanol–water partition coefficient (Wildman–Crippen LogP) is 2.95. The Morgan fingerprint density at radius 3 is 2.05 bits per heavy atom. The summed E-state index contributed by atoms with van der Waals surface area (Å²) >= 11 is 0. The molecule has 3 rings (SSSR count). The first-order chi connectivity index (χ1) is 9.08. The lowest BCUT2D eigenvalue weighted by Crippen LogP contribution is -2.39. The minimum absolute atomic E-state index is 0.690. The molecule has 1 aromatic carbocycles. The van der Waals surface area contributed by atoms with Crippen molar-refractivity contribution in [3.8, 4) is 0 Å². The lowest BCUT2D eigenvalue weighted by Gasteiger charge is -2.36. The van der Waals surface area contributed by atoms with Gasteiger partial charge in [-0.15, -0.1) is 0 Å². The first-order valence-electron chi connectivity index (χ1n) is 7.14. The fraction of sp³-hybridized carbons (Fsp3) is 0.562. The van der Waals surface area contributed by atoms with Crippen molar-refractivity contribution in [2.45, 2.75) is 56.0 Å². The minimum Gasteiger partial charge on any atom is -0.481 e. The molecule has 0 heterocycles. The fourth-order valence-corrected chi connectivity index (χ4v) is 3.45. The number of carboxylic acid groups (broad SMARTS) is 1. The van der Waals surface area contributed by atoms with Gasteiger partial charge in [0.2, 0.25) is 0 Å². The third-order valence-corrected chi connectivity index (χ3v) is 4.78. The van der Waals surface area contributed by atoms with Gasteiger partial charge in [-0.25, -0.2) is 0 Å². The van der Waals surface area contributed by atoms with Crippen LogP contribution in [0.1, 0.15) is 56.1 Å². The number of rotatable bonds is 3. The van der Waals surface area contributed by atoms with Crippen molar-refractivity contribution in [2.24, 2.45) is 0 Å². The average molecular weight is 260 g/mol. The largest absolute Gasteiger partial charge is 0.481 e. The summed E-state index contributed by atoms with van der Waals surface area (Å²) in [6.07, 6.45) is 5.91. The van der Waals surface area contributed by atoms with E-state index in [1.54, 1.807) is 0 Å². The second-order valence-electron chi connectivity index (χ2n) is 6.03. The van der Waals surface area contributed by atoms with Crippen LogP contribution in [-0.2, 0) is 15.8 Å². The Balaban J connectivity index is 2.11. The Labute approximate surface area is 113 Å². The number of carboxylic acids is 1. The smallest absolute Gasteiger partial charge is 0.314 e. The number of carbonyl (C=O) groups is 1. The third-order valence-electron chi connectivity index (χ3n) is 4.78. The van der Waals surface area contributed by atoms with Gasteiger partial charge in [0.05, 0.1) is 11.0 Å². The monoisotopic (exact) mass is 260 g/mol. The molecule has 2 aliphatic rings. The first kappa shape index (κ1) is 12.7. The van der Waals surface area contributed by atoms with E-state index in [0.29, 0.717) is 12.8 Å². The molecule has 0 bridgehead atoms. The Kier molecular flexibility index (Phi) is 2.90. The molecule has 0 unspecified atom stereocenters. The van der Waals surface area contributed by atoms with Crippen LogP contribution in [0.5, 0.6) is 0 Å². The lowest BCUT2D eigenvalue weighted by molar-refractivity contribution is -0.145. The zero-order valence-electron chi connectivity index (χ0n) is 11.1. The highest BCUT2D eigenvalue weighted by Crippen LogP contribution is 2.51. The highest BCUT2D eigenvalue weighted by Gasteiger charge is 2.49. The van der Waals surface area contributed by atoms with Crippen LogP contribution in [0.2, 0.25) is 0 Å². The standard InChI is InChI=1S/C16H20O3/c17-14(18)15(8-4-1-5-9-15)12-6-2-3-7-13(12)16(19)10-11-16/h2-3,6-7,19H,1,4-5,8-11H2,(H,17,18). The van der Waals surface area contributed by atoms with Gasteiger partial charge in [0, 0.05) is 0 Å². The third kappa shape index (κ3) is 1.96. The van der Waals surface area contributed by atoms with Crippen molar-refractivity contribution in [1.29, 1.82) is 0 Å². The van der Waals surface area contributed by atoms with E-state index < -0.39 is 17.0 Å². The average Bonchev–Trinajstić information content (AvgIpc) is 3.19. The number of hydrogen-bond donors (Lipinski definition) is 2. The van der Waals surface area contributed by atoms with E-state index in [1.807, 2.05) is 24.3 Å². The number of benzene rings is 1. The highest BCUT2D eigenvalue weighted by atomic mass is 16.4. The van der Waals surface area contributed by atoms with Crippen LogP contribution in [0.15, 0.2) is 24.3 Å². The maximum atomic E-state index is 11.9. The molecular weight excluding hydrogens is 240 g/mol. The van der Waals surface area contributed by atoms with Gasteiger partial charge < -0.3 is 10.2 Å². The maximum absolute atomic E-state index is 11.9. The zero-order chi connectivity index (χ0) is 13.5. The van der Waals surface area contributed by atoms with E-state index in [4.69, 9.17) is 0 Å². The quantitative estimate of drug-likeness (QED) is 0.878. The topological polar surface area (TPSA) is 57.5 Å². The molecule has 0 radical (unpaired) electrons. The summed E-state index contributed by atoms with van der Waals surface area (Å²) in [4.78, 5) is 11.9.